The first-order chi connectivity index (χ1) is 10.8. The third-order valence-electron chi connectivity index (χ3n) is 3.58. The molecule has 0 bridgehead atoms. The number of carbonyl (C=O) groups excluding carboxylic acids is 3. The van der Waals surface area contributed by atoms with Crippen molar-refractivity contribution in [2.24, 2.45) is 0 Å². The van der Waals surface area contributed by atoms with Crippen molar-refractivity contribution in [2.45, 2.75) is 60.0 Å². The van der Waals surface area contributed by atoms with Crippen molar-refractivity contribution in [3.05, 3.63) is 22.5 Å². The summed E-state index contributed by atoms with van der Waals surface area (Å²) >= 11 is 0. The summed E-state index contributed by atoms with van der Waals surface area (Å²) in [5, 5.41) is 0. The number of aromatic amines is 1. The largest absolute Gasteiger partial charge is 0.462 e. The number of ether oxygens (including phenoxy) is 2. The monoisotopic (exact) mass is 323 g/mol. The van der Waals surface area contributed by atoms with Crippen molar-refractivity contribution in [1.82, 2.24) is 4.98 Å². The van der Waals surface area contributed by atoms with E-state index in [0.29, 0.717) is 23.2 Å². The minimum atomic E-state index is -0.897. The van der Waals surface area contributed by atoms with E-state index in [4.69, 9.17) is 9.47 Å². The van der Waals surface area contributed by atoms with Gasteiger partial charge in [0.15, 0.2) is 6.10 Å². The van der Waals surface area contributed by atoms with Crippen molar-refractivity contribution >= 4 is 17.7 Å². The number of H-pyrrole nitrogens is 1. The van der Waals surface area contributed by atoms with Gasteiger partial charge in [0, 0.05) is 12.1 Å². The molecule has 0 fully saturated rings. The number of rotatable bonds is 8. The normalized spacial score (nSPS) is 11.9. The van der Waals surface area contributed by atoms with Gasteiger partial charge in [0.05, 0.1) is 17.9 Å². The lowest BCUT2D eigenvalue weighted by atomic mass is 10.1. The molecule has 0 saturated carbocycles. The molecule has 0 aliphatic rings. The SMILES string of the molecule is CCCCC(=O)O[C@@H](C)C(=O)c1[nH]c(C)c(C(=O)OCC)c1C. The molecule has 0 aliphatic heterocycles. The van der Waals surface area contributed by atoms with Crippen molar-refractivity contribution in [2.75, 3.05) is 6.61 Å². The third-order valence-corrected chi connectivity index (χ3v) is 3.58. The Morgan fingerprint density at radius 3 is 2.39 bits per heavy atom. The number of hydrogen-bond acceptors (Lipinski definition) is 5. The number of aryl methyl sites for hydroxylation is 1. The smallest absolute Gasteiger partial charge is 0.340 e. The molecule has 1 N–H and O–H groups in total. The first-order valence-electron chi connectivity index (χ1n) is 7.93. The number of aromatic nitrogens is 1. The zero-order valence-corrected chi connectivity index (χ0v) is 14.4. The number of ketones is 1. The van der Waals surface area contributed by atoms with Gasteiger partial charge in [-0.1, -0.05) is 13.3 Å². The fourth-order valence-corrected chi connectivity index (χ4v) is 2.34. The van der Waals surface area contributed by atoms with Gasteiger partial charge >= 0.3 is 11.9 Å². The second kappa shape index (κ2) is 8.50. The van der Waals surface area contributed by atoms with E-state index in [0.717, 1.165) is 12.8 Å². The van der Waals surface area contributed by atoms with Gasteiger partial charge in [-0.3, -0.25) is 9.59 Å². The topological polar surface area (TPSA) is 85.5 Å². The van der Waals surface area contributed by atoms with E-state index in [9.17, 15) is 14.4 Å². The molecule has 1 aromatic rings. The van der Waals surface area contributed by atoms with Gasteiger partial charge in [0.25, 0.3) is 0 Å². The van der Waals surface area contributed by atoms with Crippen LogP contribution in [0.15, 0.2) is 0 Å². The molecule has 0 saturated heterocycles. The summed E-state index contributed by atoms with van der Waals surface area (Å²) in [5.41, 5.74) is 1.72. The standard InChI is InChI=1S/C17H25NO5/c1-6-8-9-13(19)23-12(5)16(20)15-10(3)14(11(4)18-15)17(21)22-7-2/h12,18H,6-9H2,1-5H3/t12-/m0/s1. The van der Waals surface area contributed by atoms with Gasteiger partial charge in [-0.25, -0.2) is 4.79 Å². The molecule has 0 aromatic carbocycles. The first kappa shape index (κ1) is 18.9. The van der Waals surface area contributed by atoms with Crippen molar-refractivity contribution in [3.63, 3.8) is 0 Å². The predicted octanol–water partition coefficient (Wildman–Crippen LogP) is 3.11. The van der Waals surface area contributed by atoms with Crippen LogP contribution in [0.1, 0.15) is 72.1 Å². The van der Waals surface area contributed by atoms with E-state index in [1.165, 1.54) is 6.92 Å². The Balaban J connectivity index is 2.90. The zero-order valence-electron chi connectivity index (χ0n) is 14.4. The molecule has 0 spiro atoms. The molecule has 0 amide bonds. The van der Waals surface area contributed by atoms with E-state index >= 15 is 0 Å². The van der Waals surface area contributed by atoms with E-state index in [2.05, 4.69) is 4.98 Å². The van der Waals surface area contributed by atoms with Gasteiger partial charge in [-0.05, 0) is 39.7 Å². The summed E-state index contributed by atoms with van der Waals surface area (Å²) < 4.78 is 10.2. The molecule has 1 aromatic heterocycles. The van der Waals surface area contributed by atoms with Crippen LogP contribution in [-0.4, -0.2) is 35.4 Å². The van der Waals surface area contributed by atoms with Gasteiger partial charge in [0.1, 0.15) is 0 Å². The number of Topliss-reactive ketones (excluding diaryl/α,β-unsaturated/α-hetero) is 1. The second-order valence-electron chi connectivity index (χ2n) is 5.45. The highest BCUT2D eigenvalue weighted by Gasteiger charge is 2.27. The van der Waals surface area contributed by atoms with Crippen LogP contribution in [0.3, 0.4) is 0 Å². The summed E-state index contributed by atoms with van der Waals surface area (Å²) in [4.78, 5) is 39.0. The van der Waals surface area contributed by atoms with Crippen LogP contribution < -0.4 is 0 Å². The third kappa shape index (κ3) is 4.68. The van der Waals surface area contributed by atoms with E-state index in [1.807, 2.05) is 6.92 Å². The molecule has 6 nitrogen and oxygen atoms in total. The lowest BCUT2D eigenvalue weighted by Gasteiger charge is -2.12. The van der Waals surface area contributed by atoms with Crippen LogP contribution in [0.4, 0.5) is 0 Å². The van der Waals surface area contributed by atoms with Crippen LogP contribution in [0, 0.1) is 13.8 Å². The van der Waals surface area contributed by atoms with Crippen LogP contribution in [0.5, 0.6) is 0 Å². The zero-order chi connectivity index (χ0) is 17.6. The Kier molecular flexibility index (Phi) is 7.00. The fourth-order valence-electron chi connectivity index (χ4n) is 2.34. The maximum atomic E-state index is 12.5. The molecule has 1 rings (SSSR count). The summed E-state index contributed by atoms with van der Waals surface area (Å²) in [6.45, 7) is 8.87. The maximum Gasteiger partial charge on any atom is 0.340 e. The predicted molar refractivity (Wildman–Crippen MR) is 85.6 cm³/mol. The lowest BCUT2D eigenvalue weighted by Crippen LogP contribution is -2.25. The summed E-state index contributed by atoms with van der Waals surface area (Å²) in [6.07, 6.45) is 1.01. The highest BCUT2D eigenvalue weighted by atomic mass is 16.5. The molecule has 1 atom stereocenters. The number of nitrogens with one attached hydrogen (secondary N) is 1. The number of esters is 2. The first-order valence-corrected chi connectivity index (χ1v) is 7.93. The van der Waals surface area contributed by atoms with E-state index < -0.39 is 12.1 Å². The Bertz CT molecular complexity index is 588. The lowest BCUT2D eigenvalue weighted by molar-refractivity contribution is -0.146. The Hall–Kier alpha value is -2.11. The highest BCUT2D eigenvalue weighted by molar-refractivity contribution is 6.03. The van der Waals surface area contributed by atoms with Crippen LogP contribution >= 0.6 is 0 Å². The average Bonchev–Trinajstić information content (AvgIpc) is 2.79. The highest BCUT2D eigenvalue weighted by Crippen LogP contribution is 2.21. The van der Waals surface area contributed by atoms with Crippen LogP contribution in [0.2, 0.25) is 0 Å². The molecule has 23 heavy (non-hydrogen) atoms. The van der Waals surface area contributed by atoms with Crippen molar-refractivity contribution < 1.29 is 23.9 Å². The van der Waals surface area contributed by atoms with Crippen molar-refractivity contribution in [3.8, 4) is 0 Å². The Morgan fingerprint density at radius 2 is 1.83 bits per heavy atom. The molecule has 0 radical (unpaired) electrons. The minimum absolute atomic E-state index is 0.262. The average molecular weight is 323 g/mol. The molecular formula is C17H25NO5. The molecule has 6 heteroatoms. The van der Waals surface area contributed by atoms with Gasteiger partial charge in [-0.2, -0.15) is 0 Å². The van der Waals surface area contributed by atoms with Crippen molar-refractivity contribution in [1.29, 1.82) is 0 Å². The van der Waals surface area contributed by atoms with E-state index in [1.54, 1.807) is 20.8 Å². The molecule has 1 heterocycles. The van der Waals surface area contributed by atoms with Crippen LogP contribution in [-0.2, 0) is 14.3 Å². The number of unbranched alkanes of at least 4 members (excludes halogenated alkanes) is 1. The number of carbonyl (C=O) groups is 3. The maximum absolute atomic E-state index is 12.5. The van der Waals surface area contributed by atoms with Gasteiger partial charge < -0.3 is 14.5 Å². The Morgan fingerprint density at radius 1 is 1.17 bits per heavy atom. The molecule has 0 unspecified atom stereocenters. The molecule has 0 aliphatic carbocycles. The summed E-state index contributed by atoms with van der Waals surface area (Å²) in [7, 11) is 0. The second-order valence-corrected chi connectivity index (χ2v) is 5.45. The minimum Gasteiger partial charge on any atom is -0.462 e. The van der Waals surface area contributed by atoms with Crippen LogP contribution in [0.25, 0.3) is 0 Å². The quantitative estimate of drug-likeness (QED) is 0.587. The summed E-state index contributed by atoms with van der Waals surface area (Å²) in [5.74, 6) is -1.21. The fraction of sp³-hybridized carbons (Fsp3) is 0.588. The number of hydrogen-bond donors (Lipinski definition) is 1. The molecular weight excluding hydrogens is 298 g/mol. The van der Waals surface area contributed by atoms with E-state index in [-0.39, 0.29) is 24.1 Å². The Labute approximate surface area is 136 Å². The van der Waals surface area contributed by atoms with Gasteiger partial charge in [-0.15, -0.1) is 0 Å². The van der Waals surface area contributed by atoms with Gasteiger partial charge in [0.2, 0.25) is 5.78 Å². The molecule has 128 valence electrons. The summed E-state index contributed by atoms with van der Waals surface area (Å²) in [6, 6.07) is 0.